The molecule has 0 fully saturated rings. The second kappa shape index (κ2) is 6.84. The maximum absolute atomic E-state index is 11.9. The monoisotopic (exact) mass is 281 g/mol. The summed E-state index contributed by atoms with van der Waals surface area (Å²) < 4.78 is 4.82. The fourth-order valence-electron chi connectivity index (χ4n) is 2.33. The normalized spacial score (nSPS) is 11.7. The van der Waals surface area contributed by atoms with Crippen LogP contribution in [0.3, 0.4) is 0 Å². The molecule has 0 spiro atoms. The maximum Gasteiger partial charge on any atom is 0.333 e. The lowest BCUT2D eigenvalue weighted by Gasteiger charge is -2.19. The Kier molecular flexibility index (Phi) is 4.88. The van der Waals surface area contributed by atoms with Gasteiger partial charge in [0, 0.05) is 29.8 Å². The fraction of sp³-hybridized carbons (Fsp3) is 0.222. The standard InChI is InChI=1S/C18H19NO2/c1-13-8-7-11-19-17(13)12-16(14(2)18(20)21-3)15-9-5-4-6-10-15/h4-11,16H,2,12H2,1,3H3/t16-/m0/s1. The second-order valence-electron chi connectivity index (χ2n) is 4.95. The van der Waals surface area contributed by atoms with Gasteiger partial charge in [0.05, 0.1) is 7.11 Å². The molecule has 0 bridgehead atoms. The molecule has 3 nitrogen and oxygen atoms in total. The van der Waals surface area contributed by atoms with E-state index in [1.165, 1.54) is 7.11 Å². The second-order valence-corrected chi connectivity index (χ2v) is 4.95. The highest BCUT2D eigenvalue weighted by Gasteiger charge is 2.22. The Morgan fingerprint density at radius 1 is 1.24 bits per heavy atom. The van der Waals surface area contributed by atoms with Crippen molar-refractivity contribution >= 4 is 5.97 Å². The van der Waals surface area contributed by atoms with E-state index in [4.69, 9.17) is 4.74 Å². The van der Waals surface area contributed by atoms with Crippen LogP contribution in [0.1, 0.15) is 22.7 Å². The number of rotatable bonds is 5. The molecule has 1 heterocycles. The molecule has 2 aromatic rings. The molecular formula is C18H19NO2. The van der Waals surface area contributed by atoms with Gasteiger partial charge >= 0.3 is 5.97 Å². The molecule has 0 amide bonds. The molecule has 2 rings (SSSR count). The zero-order chi connectivity index (χ0) is 15.2. The number of carbonyl (C=O) groups excluding carboxylic acids is 1. The average Bonchev–Trinajstić information content (AvgIpc) is 2.53. The molecule has 0 saturated carbocycles. The van der Waals surface area contributed by atoms with Crippen molar-refractivity contribution in [2.45, 2.75) is 19.3 Å². The molecule has 1 aromatic carbocycles. The van der Waals surface area contributed by atoms with Crippen molar-refractivity contribution in [2.75, 3.05) is 7.11 Å². The number of carbonyl (C=O) groups is 1. The summed E-state index contributed by atoms with van der Waals surface area (Å²) in [6.45, 7) is 5.94. The topological polar surface area (TPSA) is 39.2 Å². The maximum atomic E-state index is 11.9. The van der Waals surface area contributed by atoms with Gasteiger partial charge in [0.25, 0.3) is 0 Å². The van der Waals surface area contributed by atoms with Gasteiger partial charge in [0.15, 0.2) is 0 Å². The summed E-state index contributed by atoms with van der Waals surface area (Å²) in [7, 11) is 1.38. The molecule has 0 aliphatic rings. The molecule has 0 radical (unpaired) electrons. The van der Waals surface area contributed by atoms with Gasteiger partial charge in [-0.3, -0.25) is 4.98 Å². The first-order valence-corrected chi connectivity index (χ1v) is 6.86. The largest absolute Gasteiger partial charge is 0.466 e. The third kappa shape index (κ3) is 3.57. The quantitative estimate of drug-likeness (QED) is 0.622. The van der Waals surface area contributed by atoms with Crippen molar-refractivity contribution in [3.8, 4) is 0 Å². The van der Waals surface area contributed by atoms with Crippen molar-refractivity contribution in [1.82, 2.24) is 4.98 Å². The Hall–Kier alpha value is -2.42. The molecule has 0 aliphatic carbocycles. The first-order valence-electron chi connectivity index (χ1n) is 6.86. The van der Waals surface area contributed by atoms with Crippen LogP contribution in [0, 0.1) is 6.92 Å². The number of nitrogens with zero attached hydrogens (tertiary/aromatic N) is 1. The zero-order valence-corrected chi connectivity index (χ0v) is 12.4. The van der Waals surface area contributed by atoms with Gasteiger partial charge in [-0.1, -0.05) is 43.0 Å². The Bertz CT molecular complexity index is 635. The van der Waals surface area contributed by atoms with E-state index in [9.17, 15) is 4.79 Å². The summed E-state index contributed by atoms with van der Waals surface area (Å²) in [6.07, 6.45) is 2.40. The van der Waals surface area contributed by atoms with Crippen molar-refractivity contribution < 1.29 is 9.53 Å². The summed E-state index contributed by atoms with van der Waals surface area (Å²) >= 11 is 0. The Morgan fingerprint density at radius 3 is 2.57 bits per heavy atom. The number of esters is 1. The first-order chi connectivity index (χ1) is 10.1. The number of hydrogen-bond acceptors (Lipinski definition) is 3. The van der Waals surface area contributed by atoms with E-state index in [0.717, 1.165) is 16.8 Å². The zero-order valence-electron chi connectivity index (χ0n) is 12.4. The number of hydrogen-bond donors (Lipinski definition) is 0. The van der Waals surface area contributed by atoms with Gasteiger partial charge in [-0.2, -0.15) is 0 Å². The van der Waals surface area contributed by atoms with Crippen LogP contribution in [0.15, 0.2) is 60.8 Å². The molecule has 1 aromatic heterocycles. The third-order valence-corrected chi connectivity index (χ3v) is 3.59. The summed E-state index contributed by atoms with van der Waals surface area (Å²) in [5.74, 6) is -0.510. The van der Waals surface area contributed by atoms with Crippen LogP contribution in [0.25, 0.3) is 0 Å². The fourth-order valence-corrected chi connectivity index (χ4v) is 2.33. The van der Waals surface area contributed by atoms with E-state index in [1.807, 2.05) is 49.4 Å². The summed E-state index contributed by atoms with van der Waals surface area (Å²) in [4.78, 5) is 16.3. The smallest absolute Gasteiger partial charge is 0.333 e. The summed E-state index contributed by atoms with van der Waals surface area (Å²) in [6, 6.07) is 13.8. The summed E-state index contributed by atoms with van der Waals surface area (Å²) in [5, 5.41) is 0. The van der Waals surface area contributed by atoms with E-state index >= 15 is 0 Å². The van der Waals surface area contributed by atoms with E-state index in [0.29, 0.717) is 12.0 Å². The van der Waals surface area contributed by atoms with Crippen LogP contribution < -0.4 is 0 Å². The molecule has 21 heavy (non-hydrogen) atoms. The van der Waals surface area contributed by atoms with E-state index in [-0.39, 0.29) is 11.9 Å². The predicted octanol–water partition coefficient (Wildman–Crippen LogP) is 3.45. The van der Waals surface area contributed by atoms with Crippen LogP contribution in [-0.2, 0) is 16.0 Å². The Labute approximate surface area is 125 Å². The van der Waals surface area contributed by atoms with Gasteiger partial charge < -0.3 is 4.74 Å². The molecular weight excluding hydrogens is 262 g/mol. The average molecular weight is 281 g/mol. The molecule has 0 saturated heterocycles. The van der Waals surface area contributed by atoms with Crippen LogP contribution in [-0.4, -0.2) is 18.1 Å². The minimum Gasteiger partial charge on any atom is -0.466 e. The van der Waals surface area contributed by atoms with Gasteiger partial charge in [-0.15, -0.1) is 0 Å². The van der Waals surface area contributed by atoms with Crippen LogP contribution in [0.2, 0.25) is 0 Å². The van der Waals surface area contributed by atoms with Gasteiger partial charge in [0.2, 0.25) is 0 Å². The van der Waals surface area contributed by atoms with Crippen molar-refractivity contribution in [2.24, 2.45) is 0 Å². The first kappa shape index (κ1) is 15.0. The van der Waals surface area contributed by atoms with E-state index in [1.54, 1.807) is 6.20 Å². The lowest BCUT2D eigenvalue weighted by molar-refractivity contribution is -0.136. The van der Waals surface area contributed by atoms with Gasteiger partial charge in [0.1, 0.15) is 0 Å². The highest BCUT2D eigenvalue weighted by atomic mass is 16.5. The predicted molar refractivity (Wildman–Crippen MR) is 83.0 cm³/mol. The molecule has 108 valence electrons. The van der Waals surface area contributed by atoms with Gasteiger partial charge in [-0.25, -0.2) is 4.79 Å². The van der Waals surface area contributed by atoms with Crippen LogP contribution in [0.4, 0.5) is 0 Å². The minimum absolute atomic E-state index is 0.132. The van der Waals surface area contributed by atoms with Crippen LogP contribution >= 0.6 is 0 Å². The molecule has 3 heteroatoms. The number of aromatic nitrogens is 1. The van der Waals surface area contributed by atoms with Crippen molar-refractivity contribution in [3.05, 3.63) is 77.6 Å². The molecule has 0 N–H and O–H groups in total. The van der Waals surface area contributed by atoms with Crippen molar-refractivity contribution in [1.29, 1.82) is 0 Å². The number of benzene rings is 1. The van der Waals surface area contributed by atoms with Gasteiger partial charge in [-0.05, 0) is 24.1 Å². The lowest BCUT2D eigenvalue weighted by atomic mass is 9.87. The lowest BCUT2D eigenvalue weighted by Crippen LogP contribution is -2.15. The number of aryl methyl sites for hydroxylation is 1. The van der Waals surface area contributed by atoms with E-state index < -0.39 is 0 Å². The SMILES string of the molecule is C=C(C(=O)OC)[C@H](Cc1ncccc1C)c1ccccc1. The number of ether oxygens (including phenoxy) is 1. The molecule has 0 aliphatic heterocycles. The molecule has 1 atom stereocenters. The van der Waals surface area contributed by atoms with Crippen LogP contribution in [0.5, 0.6) is 0 Å². The Balaban J connectivity index is 2.35. The molecule has 0 unspecified atom stereocenters. The third-order valence-electron chi connectivity index (χ3n) is 3.59. The number of pyridine rings is 1. The highest BCUT2D eigenvalue weighted by molar-refractivity contribution is 5.89. The summed E-state index contributed by atoms with van der Waals surface area (Å²) in [5.41, 5.74) is 3.57. The Morgan fingerprint density at radius 2 is 1.95 bits per heavy atom. The highest BCUT2D eigenvalue weighted by Crippen LogP contribution is 2.28. The van der Waals surface area contributed by atoms with E-state index in [2.05, 4.69) is 11.6 Å². The number of methoxy groups -OCH3 is 1. The minimum atomic E-state index is -0.377. The van der Waals surface area contributed by atoms with Crippen molar-refractivity contribution in [3.63, 3.8) is 0 Å².